The van der Waals surface area contributed by atoms with E-state index in [1.165, 1.54) is 27.1 Å². The van der Waals surface area contributed by atoms with E-state index < -0.39 is 0 Å². The van der Waals surface area contributed by atoms with Gasteiger partial charge in [0.25, 0.3) is 0 Å². The first kappa shape index (κ1) is 31.1. The largest absolute Gasteiger partial charge is 0.456 e. The molecule has 0 spiro atoms. The van der Waals surface area contributed by atoms with E-state index in [0.29, 0.717) is 17.5 Å². The molecule has 9 aromatic carbocycles. The zero-order chi connectivity index (χ0) is 36.3. The molecule has 0 saturated heterocycles. The molecule has 4 nitrogen and oxygen atoms in total. The highest BCUT2D eigenvalue weighted by Gasteiger charge is 2.22. The van der Waals surface area contributed by atoms with Crippen molar-refractivity contribution in [2.24, 2.45) is 0 Å². The zero-order valence-corrected chi connectivity index (χ0v) is 29.6. The molecule has 0 amide bonds. The van der Waals surface area contributed by atoms with Gasteiger partial charge in [0, 0.05) is 27.5 Å². The van der Waals surface area contributed by atoms with Crippen molar-refractivity contribution in [2.45, 2.75) is 0 Å². The average molecular weight is 702 g/mol. The maximum atomic E-state index is 6.47. The quantitative estimate of drug-likeness (QED) is 0.179. The Kier molecular flexibility index (Phi) is 7.14. The molecule has 0 fully saturated rings. The van der Waals surface area contributed by atoms with Crippen LogP contribution in [0, 0.1) is 0 Å². The van der Waals surface area contributed by atoms with E-state index in [-0.39, 0.29) is 0 Å². The maximum absolute atomic E-state index is 6.47. The standard InChI is InChI=1S/C51H31N3O/c1-3-13-37-30-39(26-20-32(37)10-1)43-28-29-46-47(44-17-7-8-19-45(44)55-46)48(43)51-53-49(52-50(54-51)40-27-21-33-11-2-4-14-38(33)31-40)36-24-22-35(23-25-36)42-18-9-15-34-12-5-6-16-41(34)42/h1-31H. The normalized spacial score (nSPS) is 11.6. The van der Waals surface area contributed by atoms with Gasteiger partial charge in [-0.15, -0.1) is 0 Å². The summed E-state index contributed by atoms with van der Waals surface area (Å²) >= 11 is 0. The van der Waals surface area contributed by atoms with Gasteiger partial charge in [0.15, 0.2) is 17.5 Å². The third kappa shape index (κ3) is 5.34. The van der Waals surface area contributed by atoms with Gasteiger partial charge in [0.05, 0.1) is 0 Å². The summed E-state index contributed by atoms with van der Waals surface area (Å²) in [5, 5.41) is 9.09. The highest BCUT2D eigenvalue weighted by atomic mass is 16.3. The first-order valence-electron chi connectivity index (χ1n) is 18.5. The van der Waals surface area contributed by atoms with Crippen LogP contribution in [0.25, 0.3) is 111 Å². The molecular formula is C51H31N3O. The molecule has 11 rings (SSSR count). The second-order valence-electron chi connectivity index (χ2n) is 14.0. The molecule has 2 heterocycles. The molecule has 2 aromatic heterocycles. The highest BCUT2D eigenvalue weighted by Crippen LogP contribution is 2.43. The molecule has 256 valence electrons. The number of hydrogen-bond donors (Lipinski definition) is 0. The van der Waals surface area contributed by atoms with Crippen molar-refractivity contribution in [3.05, 3.63) is 188 Å². The van der Waals surface area contributed by atoms with Gasteiger partial charge in [-0.1, -0.05) is 158 Å². The lowest BCUT2D eigenvalue weighted by molar-refractivity contribution is 0.669. The maximum Gasteiger partial charge on any atom is 0.165 e. The van der Waals surface area contributed by atoms with E-state index in [1.54, 1.807) is 0 Å². The fourth-order valence-corrected chi connectivity index (χ4v) is 8.00. The van der Waals surface area contributed by atoms with E-state index >= 15 is 0 Å². The summed E-state index contributed by atoms with van der Waals surface area (Å²) in [5.74, 6) is 1.80. The molecule has 0 bridgehead atoms. The Morgan fingerprint density at radius 3 is 1.62 bits per heavy atom. The van der Waals surface area contributed by atoms with Crippen LogP contribution in [0.3, 0.4) is 0 Å². The number of para-hydroxylation sites is 1. The summed E-state index contributed by atoms with van der Waals surface area (Å²) in [7, 11) is 0. The summed E-state index contributed by atoms with van der Waals surface area (Å²) in [6, 6.07) is 65.8. The Morgan fingerprint density at radius 1 is 0.309 bits per heavy atom. The van der Waals surface area contributed by atoms with Crippen LogP contribution in [0.15, 0.2) is 192 Å². The van der Waals surface area contributed by atoms with Gasteiger partial charge < -0.3 is 4.42 Å². The van der Waals surface area contributed by atoms with E-state index in [4.69, 9.17) is 19.4 Å². The van der Waals surface area contributed by atoms with Gasteiger partial charge in [-0.25, -0.2) is 15.0 Å². The molecule has 0 unspecified atom stereocenters. The van der Waals surface area contributed by atoms with Crippen LogP contribution in [0.1, 0.15) is 0 Å². The topological polar surface area (TPSA) is 51.8 Å². The Hall–Kier alpha value is -7.43. The van der Waals surface area contributed by atoms with Crippen LogP contribution in [-0.4, -0.2) is 15.0 Å². The lowest BCUT2D eigenvalue weighted by atomic mass is 9.93. The van der Waals surface area contributed by atoms with E-state index in [1.807, 2.05) is 12.1 Å². The first-order valence-corrected chi connectivity index (χ1v) is 18.5. The predicted octanol–water partition coefficient (Wildman–Crippen LogP) is 13.6. The molecule has 4 heteroatoms. The van der Waals surface area contributed by atoms with Gasteiger partial charge in [-0.05, 0) is 84.9 Å². The molecule has 0 N–H and O–H groups in total. The van der Waals surface area contributed by atoms with E-state index in [9.17, 15) is 0 Å². The predicted molar refractivity (Wildman–Crippen MR) is 227 cm³/mol. The van der Waals surface area contributed by atoms with E-state index in [0.717, 1.165) is 66.1 Å². The van der Waals surface area contributed by atoms with Crippen LogP contribution in [0.4, 0.5) is 0 Å². The van der Waals surface area contributed by atoms with Crippen molar-refractivity contribution in [2.75, 3.05) is 0 Å². The Bertz CT molecular complexity index is 3270. The number of benzene rings is 9. The molecule has 0 aliphatic rings. The smallest absolute Gasteiger partial charge is 0.165 e. The summed E-state index contributed by atoms with van der Waals surface area (Å²) < 4.78 is 6.47. The third-order valence-corrected chi connectivity index (χ3v) is 10.7. The van der Waals surface area contributed by atoms with Crippen LogP contribution in [0.5, 0.6) is 0 Å². The Balaban J connectivity index is 1.16. The Morgan fingerprint density at radius 2 is 0.855 bits per heavy atom. The van der Waals surface area contributed by atoms with Crippen LogP contribution >= 0.6 is 0 Å². The minimum atomic E-state index is 0.589. The Labute approximate surface area is 317 Å². The summed E-state index contributed by atoms with van der Waals surface area (Å²) in [5.41, 5.74) is 8.78. The fourth-order valence-electron chi connectivity index (χ4n) is 8.00. The number of fused-ring (bicyclic) bond motifs is 6. The van der Waals surface area contributed by atoms with Crippen molar-refractivity contribution in [1.29, 1.82) is 0 Å². The second kappa shape index (κ2) is 12.6. The lowest BCUT2D eigenvalue weighted by Crippen LogP contribution is -2.01. The molecule has 0 atom stereocenters. The number of rotatable bonds is 5. The van der Waals surface area contributed by atoms with Gasteiger partial charge >= 0.3 is 0 Å². The lowest BCUT2D eigenvalue weighted by Gasteiger charge is -2.14. The van der Waals surface area contributed by atoms with Crippen molar-refractivity contribution >= 4 is 54.3 Å². The van der Waals surface area contributed by atoms with Gasteiger partial charge in [-0.3, -0.25) is 0 Å². The summed E-state index contributed by atoms with van der Waals surface area (Å²) in [6.07, 6.45) is 0. The molecular weight excluding hydrogens is 671 g/mol. The van der Waals surface area contributed by atoms with Crippen molar-refractivity contribution < 1.29 is 4.42 Å². The SMILES string of the molecule is c1ccc2cc(-c3nc(-c4ccc(-c5cccc6ccccc56)cc4)nc(-c4c(-c5ccc6ccccc6c5)ccc5oc6ccccc6c45)n3)ccc2c1. The molecule has 0 radical (unpaired) electrons. The van der Waals surface area contributed by atoms with Crippen molar-refractivity contribution in [3.8, 4) is 56.4 Å². The van der Waals surface area contributed by atoms with Gasteiger partial charge in [0.1, 0.15) is 11.2 Å². The number of nitrogens with zero attached hydrogens (tertiary/aromatic N) is 3. The molecule has 55 heavy (non-hydrogen) atoms. The van der Waals surface area contributed by atoms with Gasteiger partial charge in [-0.2, -0.15) is 0 Å². The average Bonchev–Trinajstić information content (AvgIpc) is 3.64. The molecule has 11 aromatic rings. The van der Waals surface area contributed by atoms with Crippen molar-refractivity contribution in [3.63, 3.8) is 0 Å². The molecule has 0 aliphatic carbocycles. The molecule has 0 aliphatic heterocycles. The van der Waals surface area contributed by atoms with E-state index in [2.05, 4.69) is 176 Å². The van der Waals surface area contributed by atoms with Gasteiger partial charge in [0.2, 0.25) is 0 Å². The summed E-state index contributed by atoms with van der Waals surface area (Å²) in [4.78, 5) is 15.8. The second-order valence-corrected chi connectivity index (χ2v) is 14.0. The zero-order valence-electron chi connectivity index (χ0n) is 29.6. The third-order valence-electron chi connectivity index (χ3n) is 10.7. The minimum Gasteiger partial charge on any atom is -0.456 e. The number of hydrogen-bond acceptors (Lipinski definition) is 4. The minimum absolute atomic E-state index is 0.589. The first-order chi connectivity index (χ1) is 27.2. The number of aromatic nitrogens is 3. The highest BCUT2D eigenvalue weighted by molar-refractivity contribution is 6.15. The van der Waals surface area contributed by atoms with Crippen LogP contribution in [-0.2, 0) is 0 Å². The number of furan rings is 1. The van der Waals surface area contributed by atoms with Crippen LogP contribution in [0.2, 0.25) is 0 Å². The van der Waals surface area contributed by atoms with Crippen molar-refractivity contribution in [1.82, 2.24) is 15.0 Å². The van der Waals surface area contributed by atoms with Crippen LogP contribution < -0.4 is 0 Å². The fraction of sp³-hybridized carbons (Fsp3) is 0. The molecule has 0 saturated carbocycles. The summed E-state index contributed by atoms with van der Waals surface area (Å²) in [6.45, 7) is 0. The monoisotopic (exact) mass is 701 g/mol.